The average Bonchev–Trinajstić information content (AvgIpc) is 3.10. The van der Waals surface area contributed by atoms with E-state index in [0.29, 0.717) is 35.6 Å². The molecule has 0 unspecified atom stereocenters. The molecule has 0 spiro atoms. The average molecular weight is 405 g/mol. The van der Waals surface area contributed by atoms with Gasteiger partial charge in [-0.3, -0.25) is 4.57 Å². The van der Waals surface area contributed by atoms with Gasteiger partial charge in [0, 0.05) is 6.54 Å². The largest absolute Gasteiger partial charge is 0.468 e. The maximum atomic E-state index is 6.10. The van der Waals surface area contributed by atoms with Gasteiger partial charge in [-0.05, 0) is 51.7 Å². The van der Waals surface area contributed by atoms with Crippen LogP contribution < -0.4 is 15.2 Å². The third-order valence-corrected chi connectivity index (χ3v) is 5.53. The summed E-state index contributed by atoms with van der Waals surface area (Å²) < 4.78 is 13.1. The van der Waals surface area contributed by atoms with E-state index in [4.69, 9.17) is 15.2 Å². The molecule has 0 radical (unpaired) electrons. The van der Waals surface area contributed by atoms with Gasteiger partial charge in [0.2, 0.25) is 0 Å². The van der Waals surface area contributed by atoms with Crippen LogP contribution in [-0.4, -0.2) is 57.8 Å². The van der Waals surface area contributed by atoms with Crippen molar-refractivity contribution in [2.75, 3.05) is 39.1 Å². The fraction of sp³-hybridized carbons (Fsp3) is 0.762. The second-order valence-corrected chi connectivity index (χ2v) is 7.83. The smallest absolute Gasteiger partial charge is 0.320 e. The Bertz CT molecular complexity index is 757. The lowest BCUT2D eigenvalue weighted by Gasteiger charge is -2.26. The molecule has 0 saturated carbocycles. The van der Waals surface area contributed by atoms with Crippen LogP contribution in [0.5, 0.6) is 12.0 Å². The molecule has 0 aliphatic carbocycles. The minimum atomic E-state index is 0.314. The third kappa shape index (κ3) is 5.95. The predicted molar refractivity (Wildman–Crippen MR) is 115 cm³/mol. The fourth-order valence-electron chi connectivity index (χ4n) is 3.85. The number of fused-ring (bicyclic) bond motifs is 1. The zero-order valence-corrected chi connectivity index (χ0v) is 18.0. The van der Waals surface area contributed by atoms with Crippen LogP contribution in [0, 0.1) is 0 Å². The van der Waals surface area contributed by atoms with Crippen molar-refractivity contribution in [2.24, 2.45) is 0 Å². The van der Waals surface area contributed by atoms with Gasteiger partial charge in [-0.1, -0.05) is 32.6 Å². The SMILES string of the molecule is CCCCOc1nc(N)c2nc(OC)n(CCCCCCN3CCCCC3)c2n1. The van der Waals surface area contributed by atoms with Gasteiger partial charge in [-0.25, -0.2) is 0 Å². The maximum absolute atomic E-state index is 6.10. The maximum Gasteiger partial charge on any atom is 0.320 e. The van der Waals surface area contributed by atoms with Gasteiger partial charge in [0.15, 0.2) is 17.0 Å². The highest BCUT2D eigenvalue weighted by atomic mass is 16.5. The van der Waals surface area contributed by atoms with E-state index in [9.17, 15) is 0 Å². The number of piperidine rings is 1. The number of ether oxygens (including phenoxy) is 2. The van der Waals surface area contributed by atoms with E-state index < -0.39 is 0 Å². The molecule has 0 atom stereocenters. The second kappa shape index (κ2) is 11.2. The normalized spacial score (nSPS) is 15.1. The molecule has 3 rings (SSSR count). The van der Waals surface area contributed by atoms with E-state index in [0.717, 1.165) is 25.8 Å². The van der Waals surface area contributed by atoms with Gasteiger partial charge in [-0.15, -0.1) is 0 Å². The lowest BCUT2D eigenvalue weighted by molar-refractivity contribution is 0.224. The fourth-order valence-corrected chi connectivity index (χ4v) is 3.85. The highest BCUT2D eigenvalue weighted by Crippen LogP contribution is 2.26. The number of imidazole rings is 1. The molecule has 29 heavy (non-hydrogen) atoms. The van der Waals surface area contributed by atoms with Crippen molar-refractivity contribution in [3.63, 3.8) is 0 Å². The van der Waals surface area contributed by atoms with Gasteiger partial charge < -0.3 is 20.1 Å². The minimum absolute atomic E-state index is 0.314. The Morgan fingerprint density at radius 1 is 0.931 bits per heavy atom. The summed E-state index contributed by atoms with van der Waals surface area (Å²) in [5.74, 6) is 0.333. The molecule has 2 N–H and O–H groups in total. The molecule has 162 valence electrons. The van der Waals surface area contributed by atoms with Crippen LogP contribution in [-0.2, 0) is 6.54 Å². The highest BCUT2D eigenvalue weighted by molar-refractivity contribution is 5.83. The Balaban J connectivity index is 1.55. The summed E-state index contributed by atoms with van der Waals surface area (Å²) in [6.45, 7) is 7.30. The molecule has 2 aromatic rings. The predicted octanol–water partition coefficient (Wildman–Crippen LogP) is 3.64. The first kappa shape index (κ1) is 21.6. The lowest BCUT2D eigenvalue weighted by Crippen LogP contribution is -2.30. The van der Waals surface area contributed by atoms with E-state index >= 15 is 0 Å². The van der Waals surface area contributed by atoms with Gasteiger partial charge in [0.1, 0.15) is 0 Å². The summed E-state index contributed by atoms with van der Waals surface area (Å²) in [6.07, 6.45) is 10.9. The molecule has 1 aliphatic heterocycles. The highest BCUT2D eigenvalue weighted by Gasteiger charge is 2.17. The van der Waals surface area contributed by atoms with Crippen molar-refractivity contribution in [2.45, 2.75) is 71.3 Å². The number of rotatable bonds is 12. The summed E-state index contributed by atoms with van der Waals surface area (Å²) in [5.41, 5.74) is 7.36. The molecular weight excluding hydrogens is 368 g/mol. The van der Waals surface area contributed by atoms with E-state index in [1.54, 1.807) is 7.11 Å². The van der Waals surface area contributed by atoms with E-state index in [-0.39, 0.29) is 0 Å². The van der Waals surface area contributed by atoms with Crippen molar-refractivity contribution in [1.29, 1.82) is 0 Å². The number of hydrogen-bond donors (Lipinski definition) is 1. The Morgan fingerprint density at radius 2 is 1.69 bits per heavy atom. The molecule has 0 bridgehead atoms. The van der Waals surface area contributed by atoms with Crippen LogP contribution in [0.15, 0.2) is 0 Å². The van der Waals surface area contributed by atoms with Gasteiger partial charge in [0.25, 0.3) is 6.01 Å². The number of nitrogens with two attached hydrogens (primary N) is 1. The number of aryl methyl sites for hydroxylation is 1. The second-order valence-electron chi connectivity index (χ2n) is 7.83. The summed E-state index contributed by atoms with van der Waals surface area (Å²) in [6, 6.07) is 0.841. The van der Waals surface area contributed by atoms with Crippen LogP contribution in [0.3, 0.4) is 0 Å². The molecule has 1 fully saturated rings. The van der Waals surface area contributed by atoms with Crippen LogP contribution >= 0.6 is 0 Å². The van der Waals surface area contributed by atoms with Crippen molar-refractivity contribution < 1.29 is 9.47 Å². The molecular formula is C21H36N6O2. The topological polar surface area (TPSA) is 91.3 Å². The summed E-state index contributed by atoms with van der Waals surface area (Å²) >= 11 is 0. The number of anilines is 1. The van der Waals surface area contributed by atoms with E-state index in [1.807, 2.05) is 4.57 Å². The summed E-state index contributed by atoms with van der Waals surface area (Å²) in [5, 5.41) is 0. The van der Waals surface area contributed by atoms with Gasteiger partial charge in [0.05, 0.1) is 13.7 Å². The molecule has 8 heteroatoms. The van der Waals surface area contributed by atoms with Crippen molar-refractivity contribution >= 4 is 17.0 Å². The Morgan fingerprint density at radius 3 is 2.41 bits per heavy atom. The lowest BCUT2D eigenvalue weighted by atomic mass is 10.1. The number of unbranched alkanes of at least 4 members (excludes halogenated alkanes) is 4. The van der Waals surface area contributed by atoms with Crippen LogP contribution in [0.2, 0.25) is 0 Å². The van der Waals surface area contributed by atoms with Crippen LogP contribution in [0.25, 0.3) is 11.2 Å². The Labute approximate surface area is 173 Å². The van der Waals surface area contributed by atoms with Crippen LogP contribution in [0.1, 0.15) is 64.7 Å². The van der Waals surface area contributed by atoms with E-state index in [2.05, 4.69) is 26.8 Å². The molecule has 1 saturated heterocycles. The molecule has 8 nitrogen and oxygen atoms in total. The zero-order valence-electron chi connectivity index (χ0n) is 18.0. The zero-order chi connectivity index (χ0) is 20.5. The van der Waals surface area contributed by atoms with Crippen molar-refractivity contribution in [3.05, 3.63) is 0 Å². The molecule has 1 aliphatic rings. The number of methoxy groups -OCH3 is 1. The third-order valence-electron chi connectivity index (χ3n) is 5.53. The monoisotopic (exact) mass is 404 g/mol. The van der Waals surface area contributed by atoms with Crippen molar-refractivity contribution in [3.8, 4) is 12.0 Å². The van der Waals surface area contributed by atoms with Crippen molar-refractivity contribution in [1.82, 2.24) is 24.4 Å². The first-order valence-corrected chi connectivity index (χ1v) is 11.2. The number of nitrogen functional groups attached to an aromatic ring is 1. The molecule has 0 aromatic carbocycles. The molecule has 3 heterocycles. The quantitative estimate of drug-likeness (QED) is 0.540. The molecule has 2 aromatic heterocycles. The number of hydrogen-bond acceptors (Lipinski definition) is 7. The number of likely N-dealkylation sites (tertiary alicyclic amines) is 1. The summed E-state index contributed by atoms with van der Waals surface area (Å²) in [4.78, 5) is 15.9. The minimum Gasteiger partial charge on any atom is -0.468 e. The summed E-state index contributed by atoms with van der Waals surface area (Å²) in [7, 11) is 1.62. The molecule has 0 amide bonds. The van der Waals surface area contributed by atoms with Gasteiger partial charge >= 0.3 is 6.01 Å². The standard InChI is InChI=1S/C21H36N6O2/c1-3-4-16-29-20-24-18(22)17-19(25-20)27(21(23-17)28-2)15-11-6-5-8-12-26-13-9-7-10-14-26/h3-16H2,1-2H3,(H2,22,24,25). The van der Waals surface area contributed by atoms with Gasteiger partial charge in [-0.2, -0.15) is 15.0 Å². The number of aromatic nitrogens is 4. The number of nitrogens with zero attached hydrogens (tertiary/aromatic N) is 5. The van der Waals surface area contributed by atoms with Crippen LogP contribution in [0.4, 0.5) is 5.82 Å². The van der Waals surface area contributed by atoms with E-state index in [1.165, 1.54) is 58.2 Å². The first-order valence-electron chi connectivity index (χ1n) is 11.2. The Kier molecular flexibility index (Phi) is 8.34. The Hall–Kier alpha value is -2.09. The first-order chi connectivity index (χ1) is 14.2.